The van der Waals surface area contributed by atoms with Crippen molar-refractivity contribution in [1.82, 2.24) is 14.8 Å². The average molecular weight is 262 g/mol. The lowest BCUT2D eigenvalue weighted by Gasteiger charge is -2.06. The zero-order valence-electron chi connectivity index (χ0n) is 10.4. The summed E-state index contributed by atoms with van der Waals surface area (Å²) in [4.78, 5) is 14.3. The summed E-state index contributed by atoms with van der Waals surface area (Å²) < 4.78 is 1.75. The molecule has 0 unspecified atom stereocenters. The molecule has 0 radical (unpaired) electrons. The number of nitro groups is 1. The van der Waals surface area contributed by atoms with E-state index in [9.17, 15) is 10.1 Å². The van der Waals surface area contributed by atoms with Crippen molar-refractivity contribution in [1.29, 1.82) is 0 Å². The predicted molar refractivity (Wildman–Crippen MR) is 70.8 cm³/mol. The third-order valence-corrected chi connectivity index (χ3v) is 2.49. The van der Waals surface area contributed by atoms with Crippen molar-refractivity contribution in [2.45, 2.75) is 13.5 Å². The molecule has 0 aliphatic carbocycles. The van der Waals surface area contributed by atoms with Crippen LogP contribution in [0.2, 0.25) is 0 Å². The lowest BCUT2D eigenvalue weighted by Crippen LogP contribution is -2.13. The number of nitrogens with two attached hydrogens (primary N) is 1. The van der Waals surface area contributed by atoms with E-state index < -0.39 is 4.92 Å². The summed E-state index contributed by atoms with van der Waals surface area (Å²) in [5, 5.41) is 17.9. The lowest BCUT2D eigenvalue weighted by molar-refractivity contribution is -0.384. The van der Waals surface area contributed by atoms with Crippen molar-refractivity contribution in [3.8, 4) is 0 Å². The van der Waals surface area contributed by atoms with Gasteiger partial charge in [-0.2, -0.15) is 5.10 Å². The van der Waals surface area contributed by atoms with Crippen LogP contribution in [-0.2, 0) is 6.54 Å². The topological polar surface area (TPSA) is 112 Å². The Balaban J connectivity index is 2.02. The Kier molecular flexibility index (Phi) is 3.60. The van der Waals surface area contributed by atoms with Crippen LogP contribution in [0.1, 0.15) is 5.56 Å². The van der Waals surface area contributed by atoms with Gasteiger partial charge in [0.2, 0.25) is 5.82 Å². The molecule has 0 fully saturated rings. The second kappa shape index (κ2) is 5.34. The van der Waals surface area contributed by atoms with E-state index >= 15 is 0 Å². The SMILES string of the molecule is Cc1cnn(CCNc2nc(N)ccc2[N+](=O)[O-])c1. The maximum absolute atomic E-state index is 10.8. The number of anilines is 2. The standard InChI is InChI=1S/C11H14N6O2/c1-8-6-14-16(7-8)5-4-13-11-9(17(18)19)2-3-10(12)15-11/h2-3,6-7H,4-5H2,1H3,(H3,12,13,15). The summed E-state index contributed by atoms with van der Waals surface area (Å²) in [5.74, 6) is 0.414. The second-order valence-corrected chi connectivity index (χ2v) is 4.07. The number of pyridine rings is 1. The van der Waals surface area contributed by atoms with E-state index in [2.05, 4.69) is 15.4 Å². The van der Waals surface area contributed by atoms with Gasteiger partial charge in [-0.25, -0.2) is 4.98 Å². The third kappa shape index (κ3) is 3.18. The Hall–Kier alpha value is -2.64. The molecule has 0 bridgehead atoms. The summed E-state index contributed by atoms with van der Waals surface area (Å²) in [6.45, 7) is 3.00. The summed E-state index contributed by atoms with van der Waals surface area (Å²) in [6, 6.07) is 2.74. The molecular formula is C11H14N6O2. The predicted octanol–water partition coefficient (Wildman–Crippen LogP) is 1.19. The van der Waals surface area contributed by atoms with Crippen LogP contribution >= 0.6 is 0 Å². The second-order valence-electron chi connectivity index (χ2n) is 4.07. The Morgan fingerprint density at radius 2 is 2.32 bits per heavy atom. The molecule has 3 N–H and O–H groups in total. The molecule has 0 saturated heterocycles. The Bertz CT molecular complexity index is 595. The molecule has 8 nitrogen and oxygen atoms in total. The average Bonchev–Trinajstić information content (AvgIpc) is 2.75. The van der Waals surface area contributed by atoms with E-state index in [1.165, 1.54) is 12.1 Å². The minimum Gasteiger partial charge on any atom is -0.384 e. The van der Waals surface area contributed by atoms with Crippen LogP contribution in [0, 0.1) is 17.0 Å². The fraction of sp³-hybridized carbons (Fsp3) is 0.273. The fourth-order valence-corrected chi connectivity index (χ4v) is 1.62. The van der Waals surface area contributed by atoms with E-state index in [1.54, 1.807) is 10.9 Å². The number of aryl methyl sites for hydroxylation is 1. The molecular weight excluding hydrogens is 248 g/mol. The van der Waals surface area contributed by atoms with Crippen LogP contribution in [0.4, 0.5) is 17.3 Å². The highest BCUT2D eigenvalue weighted by atomic mass is 16.6. The Morgan fingerprint density at radius 1 is 1.53 bits per heavy atom. The van der Waals surface area contributed by atoms with E-state index in [4.69, 9.17) is 5.73 Å². The van der Waals surface area contributed by atoms with Crippen molar-refractivity contribution in [3.63, 3.8) is 0 Å². The van der Waals surface area contributed by atoms with E-state index in [0.717, 1.165) is 5.56 Å². The van der Waals surface area contributed by atoms with Crippen LogP contribution in [-0.4, -0.2) is 26.2 Å². The number of aromatic nitrogens is 3. The molecule has 0 aromatic carbocycles. The molecule has 0 aliphatic heterocycles. The van der Waals surface area contributed by atoms with Crippen molar-refractivity contribution < 1.29 is 4.92 Å². The first-order chi connectivity index (χ1) is 9.06. The normalized spacial score (nSPS) is 10.4. The molecule has 0 saturated carbocycles. The van der Waals surface area contributed by atoms with Crippen molar-refractivity contribution in [2.75, 3.05) is 17.6 Å². The molecule has 0 aliphatic rings. The molecule has 2 aromatic heterocycles. The lowest BCUT2D eigenvalue weighted by atomic mass is 10.3. The van der Waals surface area contributed by atoms with E-state index in [-0.39, 0.29) is 17.3 Å². The fourth-order valence-electron chi connectivity index (χ4n) is 1.62. The summed E-state index contributed by atoms with van der Waals surface area (Å²) in [5.41, 5.74) is 6.49. The van der Waals surface area contributed by atoms with Crippen molar-refractivity contribution in [3.05, 3.63) is 40.2 Å². The quantitative estimate of drug-likeness (QED) is 0.618. The van der Waals surface area contributed by atoms with Crippen LogP contribution in [0.3, 0.4) is 0 Å². The monoisotopic (exact) mass is 262 g/mol. The van der Waals surface area contributed by atoms with Crippen molar-refractivity contribution in [2.24, 2.45) is 0 Å². The van der Waals surface area contributed by atoms with Crippen LogP contribution in [0.15, 0.2) is 24.5 Å². The number of hydrogen-bond acceptors (Lipinski definition) is 6. The van der Waals surface area contributed by atoms with Gasteiger partial charge in [0.15, 0.2) is 0 Å². The minimum absolute atomic E-state index is 0.0918. The van der Waals surface area contributed by atoms with Gasteiger partial charge in [0.05, 0.1) is 17.7 Å². The van der Waals surface area contributed by atoms with Crippen molar-refractivity contribution >= 4 is 17.3 Å². The largest absolute Gasteiger partial charge is 0.384 e. The number of rotatable bonds is 5. The first-order valence-corrected chi connectivity index (χ1v) is 5.70. The maximum atomic E-state index is 10.8. The first kappa shape index (κ1) is 12.8. The van der Waals surface area contributed by atoms with Gasteiger partial charge >= 0.3 is 5.69 Å². The molecule has 0 spiro atoms. The maximum Gasteiger partial charge on any atom is 0.311 e. The van der Waals surface area contributed by atoms with Gasteiger partial charge in [0.1, 0.15) is 5.82 Å². The Labute approximate surface area is 109 Å². The van der Waals surface area contributed by atoms with Gasteiger partial charge in [-0.05, 0) is 18.6 Å². The highest BCUT2D eigenvalue weighted by Gasteiger charge is 2.14. The van der Waals surface area contributed by atoms with Gasteiger partial charge in [-0.3, -0.25) is 14.8 Å². The summed E-state index contributed by atoms with van der Waals surface area (Å²) in [7, 11) is 0. The number of nitrogens with one attached hydrogen (secondary N) is 1. The van der Waals surface area contributed by atoms with Gasteiger partial charge in [-0.1, -0.05) is 0 Å². The molecule has 0 atom stereocenters. The van der Waals surface area contributed by atoms with Gasteiger partial charge in [0, 0.05) is 18.8 Å². The molecule has 100 valence electrons. The Morgan fingerprint density at radius 3 is 2.95 bits per heavy atom. The van der Waals surface area contributed by atoms with Crippen LogP contribution < -0.4 is 11.1 Å². The zero-order chi connectivity index (χ0) is 13.8. The molecule has 19 heavy (non-hydrogen) atoms. The summed E-state index contributed by atoms with van der Waals surface area (Å²) in [6.07, 6.45) is 3.64. The number of hydrogen-bond donors (Lipinski definition) is 2. The molecule has 2 heterocycles. The smallest absolute Gasteiger partial charge is 0.311 e. The highest BCUT2D eigenvalue weighted by Crippen LogP contribution is 2.22. The third-order valence-electron chi connectivity index (χ3n) is 2.49. The number of nitrogens with zero attached hydrogens (tertiary/aromatic N) is 4. The zero-order valence-corrected chi connectivity index (χ0v) is 10.4. The highest BCUT2D eigenvalue weighted by molar-refractivity contribution is 5.59. The molecule has 2 aromatic rings. The van der Waals surface area contributed by atoms with Gasteiger partial charge in [-0.15, -0.1) is 0 Å². The van der Waals surface area contributed by atoms with Gasteiger partial charge < -0.3 is 11.1 Å². The minimum atomic E-state index is -0.493. The number of nitrogen functional groups attached to an aromatic ring is 1. The summed E-state index contributed by atoms with van der Waals surface area (Å²) >= 11 is 0. The molecule has 0 amide bonds. The van der Waals surface area contributed by atoms with E-state index in [0.29, 0.717) is 13.1 Å². The molecule has 8 heteroatoms. The van der Waals surface area contributed by atoms with Crippen LogP contribution in [0.5, 0.6) is 0 Å². The first-order valence-electron chi connectivity index (χ1n) is 5.70. The van der Waals surface area contributed by atoms with Gasteiger partial charge in [0.25, 0.3) is 0 Å². The van der Waals surface area contributed by atoms with Crippen LogP contribution in [0.25, 0.3) is 0 Å². The molecule has 2 rings (SSSR count). The van der Waals surface area contributed by atoms with E-state index in [1.807, 2.05) is 13.1 Å².